The summed E-state index contributed by atoms with van der Waals surface area (Å²) in [4.78, 5) is 61.1. The Labute approximate surface area is 187 Å². The summed E-state index contributed by atoms with van der Waals surface area (Å²) >= 11 is 0. The van der Waals surface area contributed by atoms with Crippen LogP contribution in [-0.2, 0) is 14.4 Å². The number of piperidine rings is 1. The van der Waals surface area contributed by atoms with Crippen molar-refractivity contribution < 1.29 is 24.0 Å². The molecule has 0 radical (unpaired) electrons. The molecule has 2 aliphatic heterocycles. The van der Waals surface area contributed by atoms with E-state index in [1.54, 1.807) is 18.2 Å². The number of unbranched alkanes of at least 4 members (excludes halogenated alkanes) is 6. The number of primary amides is 1. The minimum atomic E-state index is -0.962. The van der Waals surface area contributed by atoms with E-state index in [0.29, 0.717) is 18.7 Å². The summed E-state index contributed by atoms with van der Waals surface area (Å²) in [5.41, 5.74) is 6.28. The lowest BCUT2D eigenvalue weighted by Gasteiger charge is -2.27. The fraction of sp³-hybridized carbons (Fsp3) is 0.522. The molecule has 172 valence electrons. The first-order valence-corrected chi connectivity index (χ1v) is 11.3. The molecule has 32 heavy (non-hydrogen) atoms. The standard InChI is InChI=1S/C23H30N4O5/c24-18(28)11-6-4-2-1-3-5-7-14-25-16-10-8-9-15-20(16)23(32)27(22(15)31)17-12-13-19(29)26-21(17)30/h8-10,17,25H,1-7,11-14H2,(H2,24,28)(H,26,29,30). The minimum Gasteiger partial charge on any atom is -0.384 e. The molecule has 0 aliphatic carbocycles. The SMILES string of the molecule is NC(=O)CCCCCCCCCNc1cccc2c1C(=O)N(C1CCC(=O)NC1=O)C2=O. The second-order valence-electron chi connectivity index (χ2n) is 8.29. The summed E-state index contributed by atoms with van der Waals surface area (Å²) < 4.78 is 0. The van der Waals surface area contributed by atoms with Gasteiger partial charge >= 0.3 is 0 Å². The molecule has 1 aromatic rings. The Hall–Kier alpha value is -3.23. The van der Waals surface area contributed by atoms with Crippen molar-refractivity contribution in [2.45, 2.75) is 70.3 Å². The molecule has 5 amide bonds. The summed E-state index contributed by atoms with van der Waals surface area (Å²) in [6.45, 7) is 0.665. The molecular weight excluding hydrogens is 412 g/mol. The lowest BCUT2D eigenvalue weighted by molar-refractivity contribution is -0.136. The average molecular weight is 443 g/mol. The summed E-state index contributed by atoms with van der Waals surface area (Å²) in [5, 5.41) is 5.46. The van der Waals surface area contributed by atoms with E-state index in [4.69, 9.17) is 5.73 Å². The number of benzene rings is 1. The quantitative estimate of drug-likeness (QED) is 0.335. The highest BCUT2D eigenvalue weighted by Gasteiger charge is 2.45. The first kappa shape index (κ1) is 23.4. The zero-order chi connectivity index (χ0) is 23.1. The Balaban J connectivity index is 1.48. The maximum Gasteiger partial charge on any atom is 0.264 e. The average Bonchev–Trinajstić information content (AvgIpc) is 3.00. The number of anilines is 1. The fourth-order valence-corrected chi connectivity index (χ4v) is 4.19. The van der Waals surface area contributed by atoms with Crippen LogP contribution in [-0.4, -0.2) is 47.0 Å². The van der Waals surface area contributed by atoms with Crippen LogP contribution in [0.5, 0.6) is 0 Å². The van der Waals surface area contributed by atoms with Gasteiger partial charge in [0.1, 0.15) is 6.04 Å². The molecule has 1 aromatic carbocycles. The summed E-state index contributed by atoms with van der Waals surface area (Å²) in [5.74, 6) is -2.25. The molecule has 4 N–H and O–H groups in total. The Kier molecular flexibility index (Phi) is 7.97. The van der Waals surface area contributed by atoms with E-state index < -0.39 is 29.7 Å². The monoisotopic (exact) mass is 442 g/mol. The predicted octanol–water partition coefficient (Wildman–Crippen LogP) is 2.11. The van der Waals surface area contributed by atoms with Gasteiger partial charge < -0.3 is 11.1 Å². The number of carbonyl (C=O) groups is 5. The van der Waals surface area contributed by atoms with Crippen molar-refractivity contribution in [1.82, 2.24) is 10.2 Å². The van der Waals surface area contributed by atoms with Crippen LogP contribution < -0.4 is 16.4 Å². The van der Waals surface area contributed by atoms with Crippen LogP contribution in [0, 0.1) is 0 Å². The number of nitrogens with one attached hydrogen (secondary N) is 2. The molecule has 0 spiro atoms. The van der Waals surface area contributed by atoms with Crippen LogP contribution in [0.25, 0.3) is 0 Å². The molecule has 1 atom stereocenters. The summed E-state index contributed by atoms with van der Waals surface area (Å²) in [7, 11) is 0. The maximum atomic E-state index is 13.0. The van der Waals surface area contributed by atoms with Crippen LogP contribution in [0.3, 0.4) is 0 Å². The molecule has 0 aromatic heterocycles. The van der Waals surface area contributed by atoms with E-state index in [-0.39, 0.29) is 29.9 Å². The molecule has 1 saturated heterocycles. The van der Waals surface area contributed by atoms with Gasteiger partial charge in [-0.2, -0.15) is 0 Å². The zero-order valence-electron chi connectivity index (χ0n) is 18.2. The third-order valence-corrected chi connectivity index (χ3v) is 5.88. The van der Waals surface area contributed by atoms with Gasteiger partial charge in [0.25, 0.3) is 11.8 Å². The number of rotatable bonds is 12. The van der Waals surface area contributed by atoms with Crippen molar-refractivity contribution in [3.8, 4) is 0 Å². The number of hydrogen-bond donors (Lipinski definition) is 3. The number of nitrogens with zero attached hydrogens (tertiary/aromatic N) is 1. The highest BCUT2D eigenvalue weighted by Crippen LogP contribution is 2.32. The van der Waals surface area contributed by atoms with Crippen LogP contribution in [0.15, 0.2) is 18.2 Å². The summed E-state index contributed by atoms with van der Waals surface area (Å²) in [6, 6.07) is 4.10. The van der Waals surface area contributed by atoms with Gasteiger partial charge in [-0.1, -0.05) is 38.2 Å². The normalized spacial score (nSPS) is 18.0. The van der Waals surface area contributed by atoms with Gasteiger partial charge in [-0.3, -0.25) is 34.2 Å². The molecule has 0 bridgehead atoms. The van der Waals surface area contributed by atoms with Crippen LogP contribution in [0.2, 0.25) is 0 Å². The maximum absolute atomic E-state index is 13.0. The summed E-state index contributed by atoms with van der Waals surface area (Å²) in [6.07, 6.45) is 7.78. The molecule has 1 unspecified atom stereocenters. The number of nitrogens with two attached hydrogens (primary N) is 1. The fourth-order valence-electron chi connectivity index (χ4n) is 4.19. The molecule has 9 heteroatoms. The number of amides is 5. The zero-order valence-corrected chi connectivity index (χ0v) is 18.2. The lowest BCUT2D eigenvalue weighted by Crippen LogP contribution is -2.54. The van der Waals surface area contributed by atoms with Gasteiger partial charge in [-0.15, -0.1) is 0 Å². The first-order valence-electron chi connectivity index (χ1n) is 11.3. The number of imide groups is 2. The molecule has 0 saturated carbocycles. The van der Waals surface area contributed by atoms with Gasteiger partial charge in [0.2, 0.25) is 17.7 Å². The van der Waals surface area contributed by atoms with Gasteiger partial charge in [0, 0.05) is 25.1 Å². The highest BCUT2D eigenvalue weighted by molar-refractivity contribution is 6.25. The van der Waals surface area contributed by atoms with E-state index in [9.17, 15) is 24.0 Å². The van der Waals surface area contributed by atoms with E-state index in [0.717, 1.165) is 49.8 Å². The third kappa shape index (κ3) is 5.52. The Bertz CT molecular complexity index is 914. The molecular formula is C23H30N4O5. The third-order valence-electron chi connectivity index (χ3n) is 5.88. The topological polar surface area (TPSA) is 139 Å². The van der Waals surface area contributed by atoms with Gasteiger partial charge in [0.15, 0.2) is 0 Å². The Morgan fingerprint density at radius 3 is 2.38 bits per heavy atom. The van der Waals surface area contributed by atoms with E-state index in [1.165, 1.54) is 0 Å². The molecule has 2 heterocycles. The van der Waals surface area contributed by atoms with Crippen molar-refractivity contribution in [2.75, 3.05) is 11.9 Å². The second kappa shape index (κ2) is 10.9. The van der Waals surface area contributed by atoms with Crippen molar-refractivity contribution >= 4 is 35.2 Å². The highest BCUT2D eigenvalue weighted by atomic mass is 16.2. The van der Waals surface area contributed by atoms with Crippen molar-refractivity contribution in [2.24, 2.45) is 5.73 Å². The van der Waals surface area contributed by atoms with Gasteiger partial charge in [0.05, 0.1) is 11.1 Å². The van der Waals surface area contributed by atoms with E-state index in [2.05, 4.69) is 10.6 Å². The molecule has 2 aliphatic rings. The van der Waals surface area contributed by atoms with Crippen molar-refractivity contribution in [3.05, 3.63) is 29.3 Å². The minimum absolute atomic E-state index is 0.0973. The predicted molar refractivity (Wildman–Crippen MR) is 118 cm³/mol. The number of hydrogen-bond acceptors (Lipinski definition) is 6. The van der Waals surface area contributed by atoms with Crippen molar-refractivity contribution in [3.63, 3.8) is 0 Å². The van der Waals surface area contributed by atoms with Crippen molar-refractivity contribution in [1.29, 1.82) is 0 Å². The number of carbonyl (C=O) groups excluding carboxylic acids is 5. The van der Waals surface area contributed by atoms with Crippen LogP contribution in [0.4, 0.5) is 5.69 Å². The second-order valence-corrected chi connectivity index (χ2v) is 8.29. The molecule has 3 rings (SSSR count). The van der Waals surface area contributed by atoms with E-state index >= 15 is 0 Å². The molecule has 9 nitrogen and oxygen atoms in total. The Morgan fingerprint density at radius 1 is 1.00 bits per heavy atom. The van der Waals surface area contributed by atoms with Crippen LogP contribution in [0.1, 0.15) is 84.9 Å². The van der Waals surface area contributed by atoms with Gasteiger partial charge in [-0.05, 0) is 31.4 Å². The lowest BCUT2D eigenvalue weighted by atomic mass is 10.0. The molecule has 1 fully saturated rings. The smallest absolute Gasteiger partial charge is 0.264 e. The van der Waals surface area contributed by atoms with Crippen LogP contribution >= 0.6 is 0 Å². The van der Waals surface area contributed by atoms with E-state index in [1.807, 2.05) is 0 Å². The largest absolute Gasteiger partial charge is 0.384 e. The first-order chi connectivity index (χ1) is 15.4. The van der Waals surface area contributed by atoms with Gasteiger partial charge in [-0.25, -0.2) is 0 Å². The number of fused-ring (bicyclic) bond motifs is 1. The Morgan fingerprint density at radius 2 is 1.69 bits per heavy atom.